The van der Waals surface area contributed by atoms with E-state index in [0.717, 1.165) is 5.56 Å². The maximum absolute atomic E-state index is 10.4. The van der Waals surface area contributed by atoms with E-state index < -0.39 is 10.1 Å². The molecule has 1 aromatic rings. The van der Waals surface area contributed by atoms with Crippen LogP contribution < -0.4 is 4.74 Å². The highest BCUT2D eigenvalue weighted by atomic mass is 32.2. The molecule has 0 radical (unpaired) electrons. The van der Waals surface area contributed by atoms with Gasteiger partial charge in [-0.3, -0.25) is 4.55 Å². The molecular formula is C11H14O4S. The molecule has 0 unspecified atom stereocenters. The molecule has 0 spiro atoms. The molecule has 4 nitrogen and oxygen atoms in total. The average molecular weight is 242 g/mol. The molecule has 0 aliphatic rings. The fourth-order valence-electron chi connectivity index (χ4n) is 1.16. The zero-order valence-electron chi connectivity index (χ0n) is 8.80. The molecule has 0 saturated heterocycles. The van der Waals surface area contributed by atoms with Gasteiger partial charge in [-0.05, 0) is 24.1 Å². The maximum atomic E-state index is 10.4. The highest BCUT2D eigenvalue weighted by molar-refractivity contribution is 7.85. The number of benzene rings is 1. The van der Waals surface area contributed by atoms with E-state index in [0.29, 0.717) is 5.75 Å². The first-order valence-corrected chi connectivity index (χ1v) is 6.42. The first-order valence-electron chi connectivity index (χ1n) is 4.82. The molecule has 5 heteroatoms. The van der Waals surface area contributed by atoms with Crippen molar-refractivity contribution in [3.8, 4) is 5.75 Å². The molecule has 0 atom stereocenters. The number of hydrogen-bond donors (Lipinski definition) is 1. The summed E-state index contributed by atoms with van der Waals surface area (Å²) in [5, 5.41) is 0. The summed E-state index contributed by atoms with van der Waals surface area (Å²) in [6.07, 6.45) is 1.96. The third-order valence-electron chi connectivity index (χ3n) is 1.91. The van der Waals surface area contributed by atoms with Crippen molar-refractivity contribution in [3.63, 3.8) is 0 Å². The topological polar surface area (TPSA) is 63.6 Å². The smallest absolute Gasteiger partial charge is 0.264 e. The van der Waals surface area contributed by atoms with Crippen molar-refractivity contribution in [3.05, 3.63) is 36.4 Å². The van der Waals surface area contributed by atoms with E-state index in [4.69, 9.17) is 9.29 Å². The molecule has 1 aromatic carbocycles. The Morgan fingerprint density at radius 3 is 2.81 bits per heavy atom. The second-order valence-electron chi connectivity index (χ2n) is 3.26. The SMILES string of the molecule is C=Cc1cccc(OCCCS(=O)(=O)O)c1. The van der Waals surface area contributed by atoms with E-state index in [1.54, 1.807) is 18.2 Å². The zero-order valence-corrected chi connectivity index (χ0v) is 9.61. The minimum absolute atomic E-state index is 0.250. The van der Waals surface area contributed by atoms with Crippen LogP contribution in [0.5, 0.6) is 5.75 Å². The Morgan fingerprint density at radius 1 is 1.44 bits per heavy atom. The quantitative estimate of drug-likeness (QED) is 0.612. The summed E-state index contributed by atoms with van der Waals surface area (Å²) in [7, 11) is -3.89. The molecule has 0 bridgehead atoms. The van der Waals surface area contributed by atoms with Gasteiger partial charge < -0.3 is 4.74 Å². The number of rotatable bonds is 6. The molecule has 1 N–H and O–H groups in total. The van der Waals surface area contributed by atoms with Crippen LogP contribution in [-0.2, 0) is 10.1 Å². The van der Waals surface area contributed by atoms with Crippen molar-refractivity contribution in [2.24, 2.45) is 0 Å². The van der Waals surface area contributed by atoms with Gasteiger partial charge in [0.25, 0.3) is 10.1 Å². The van der Waals surface area contributed by atoms with Crippen molar-refractivity contribution in [2.75, 3.05) is 12.4 Å². The highest BCUT2D eigenvalue weighted by Crippen LogP contribution is 2.14. The number of ether oxygens (including phenoxy) is 1. The predicted octanol–water partition coefficient (Wildman–Crippen LogP) is 1.99. The molecule has 0 aliphatic carbocycles. The molecule has 0 fully saturated rings. The third kappa shape index (κ3) is 4.95. The summed E-state index contributed by atoms with van der Waals surface area (Å²) < 4.78 is 34.7. The molecule has 16 heavy (non-hydrogen) atoms. The highest BCUT2D eigenvalue weighted by Gasteiger charge is 2.03. The Labute approximate surface area is 95.3 Å². The van der Waals surface area contributed by atoms with E-state index in [2.05, 4.69) is 6.58 Å². The van der Waals surface area contributed by atoms with Gasteiger partial charge in [0.1, 0.15) is 5.75 Å². The fraction of sp³-hybridized carbons (Fsp3) is 0.273. The Bertz CT molecular complexity index is 451. The Hall–Kier alpha value is -1.33. The summed E-state index contributed by atoms with van der Waals surface area (Å²) in [4.78, 5) is 0. The average Bonchev–Trinajstić information content (AvgIpc) is 2.23. The van der Waals surface area contributed by atoms with Gasteiger partial charge in [-0.15, -0.1) is 0 Å². The third-order valence-corrected chi connectivity index (χ3v) is 2.71. The van der Waals surface area contributed by atoms with E-state index in [9.17, 15) is 8.42 Å². The lowest BCUT2D eigenvalue weighted by atomic mass is 10.2. The van der Waals surface area contributed by atoms with Gasteiger partial charge in [0, 0.05) is 0 Å². The van der Waals surface area contributed by atoms with Crippen molar-refractivity contribution < 1.29 is 17.7 Å². The minimum Gasteiger partial charge on any atom is -0.494 e. The maximum Gasteiger partial charge on any atom is 0.264 e. The largest absolute Gasteiger partial charge is 0.494 e. The van der Waals surface area contributed by atoms with Gasteiger partial charge >= 0.3 is 0 Å². The molecule has 0 aromatic heterocycles. The first-order chi connectivity index (χ1) is 7.51. The van der Waals surface area contributed by atoms with Crippen molar-refractivity contribution in [1.29, 1.82) is 0 Å². The summed E-state index contributed by atoms with van der Waals surface area (Å²) >= 11 is 0. The Morgan fingerprint density at radius 2 is 2.19 bits per heavy atom. The van der Waals surface area contributed by atoms with Gasteiger partial charge in [0.2, 0.25) is 0 Å². The number of hydrogen-bond acceptors (Lipinski definition) is 3. The van der Waals surface area contributed by atoms with Crippen LogP contribution >= 0.6 is 0 Å². The van der Waals surface area contributed by atoms with E-state index in [1.807, 2.05) is 12.1 Å². The first kappa shape index (κ1) is 12.7. The summed E-state index contributed by atoms with van der Waals surface area (Å²) in [5.41, 5.74) is 0.937. The lowest BCUT2D eigenvalue weighted by molar-refractivity contribution is 0.316. The standard InChI is InChI=1S/C11H14O4S/c1-2-10-5-3-6-11(9-10)15-7-4-8-16(12,13)14/h2-3,5-6,9H,1,4,7-8H2,(H,12,13,14). The molecule has 0 heterocycles. The zero-order chi connectivity index (χ0) is 12.0. The lowest BCUT2D eigenvalue weighted by Gasteiger charge is -2.05. The second-order valence-corrected chi connectivity index (χ2v) is 4.84. The van der Waals surface area contributed by atoms with Crippen LogP contribution in [0, 0.1) is 0 Å². The van der Waals surface area contributed by atoms with Crippen LogP contribution in [0.25, 0.3) is 6.08 Å². The van der Waals surface area contributed by atoms with Gasteiger partial charge in [0.05, 0.1) is 12.4 Å². The fourth-order valence-corrected chi connectivity index (χ4v) is 1.65. The molecule has 1 rings (SSSR count). The van der Waals surface area contributed by atoms with Crippen molar-refractivity contribution in [1.82, 2.24) is 0 Å². The predicted molar refractivity (Wildman–Crippen MR) is 63.1 cm³/mol. The summed E-state index contributed by atoms with van der Waals surface area (Å²) in [5.74, 6) is 0.376. The molecule has 0 amide bonds. The van der Waals surface area contributed by atoms with Crippen LogP contribution in [0.15, 0.2) is 30.8 Å². The van der Waals surface area contributed by atoms with E-state index >= 15 is 0 Å². The van der Waals surface area contributed by atoms with Gasteiger partial charge in [-0.25, -0.2) is 0 Å². The Kier molecular flexibility index (Phi) is 4.52. The van der Waals surface area contributed by atoms with E-state index in [-0.39, 0.29) is 18.8 Å². The summed E-state index contributed by atoms with van der Waals surface area (Å²) in [6, 6.07) is 7.30. The van der Waals surface area contributed by atoms with Crippen LogP contribution in [-0.4, -0.2) is 25.3 Å². The Balaban J connectivity index is 2.40. The molecular weight excluding hydrogens is 228 g/mol. The van der Waals surface area contributed by atoms with Crippen LogP contribution in [0.3, 0.4) is 0 Å². The minimum atomic E-state index is -3.89. The lowest BCUT2D eigenvalue weighted by Crippen LogP contribution is -2.08. The van der Waals surface area contributed by atoms with Crippen LogP contribution in [0.1, 0.15) is 12.0 Å². The van der Waals surface area contributed by atoms with Crippen molar-refractivity contribution >= 4 is 16.2 Å². The van der Waals surface area contributed by atoms with Crippen molar-refractivity contribution in [2.45, 2.75) is 6.42 Å². The van der Waals surface area contributed by atoms with Crippen LogP contribution in [0.4, 0.5) is 0 Å². The van der Waals surface area contributed by atoms with Crippen LogP contribution in [0.2, 0.25) is 0 Å². The normalized spacial score (nSPS) is 11.1. The van der Waals surface area contributed by atoms with E-state index in [1.165, 1.54) is 0 Å². The monoisotopic (exact) mass is 242 g/mol. The van der Waals surface area contributed by atoms with Gasteiger partial charge in [-0.2, -0.15) is 8.42 Å². The van der Waals surface area contributed by atoms with Gasteiger partial charge in [-0.1, -0.05) is 24.8 Å². The molecule has 0 saturated carbocycles. The second kappa shape index (κ2) is 5.67. The van der Waals surface area contributed by atoms with Gasteiger partial charge in [0.15, 0.2) is 0 Å². The summed E-state index contributed by atoms with van der Waals surface area (Å²) in [6.45, 7) is 3.88. The molecule has 0 aliphatic heterocycles. The molecule has 88 valence electrons.